The van der Waals surface area contributed by atoms with Gasteiger partial charge in [0.05, 0.1) is 5.75 Å². The summed E-state index contributed by atoms with van der Waals surface area (Å²) in [6, 6.07) is 7.14. The van der Waals surface area contributed by atoms with Crippen molar-refractivity contribution in [3.8, 4) is 0 Å². The van der Waals surface area contributed by atoms with Gasteiger partial charge in [-0.1, -0.05) is 15.9 Å². The molecule has 1 fully saturated rings. The molecule has 1 aliphatic rings. The fourth-order valence-corrected chi connectivity index (χ4v) is 3.86. The Labute approximate surface area is 116 Å². The van der Waals surface area contributed by atoms with E-state index in [0.29, 0.717) is 5.69 Å². The van der Waals surface area contributed by atoms with Crippen molar-refractivity contribution in [3.63, 3.8) is 0 Å². The lowest BCUT2D eigenvalue weighted by Crippen LogP contribution is -2.35. The molecule has 0 radical (unpaired) electrons. The van der Waals surface area contributed by atoms with Gasteiger partial charge in [-0.3, -0.25) is 4.72 Å². The number of halogens is 1. The van der Waals surface area contributed by atoms with Gasteiger partial charge in [0.25, 0.3) is 0 Å². The first-order valence-corrected chi connectivity index (χ1v) is 8.46. The maximum absolute atomic E-state index is 12.0. The van der Waals surface area contributed by atoms with Gasteiger partial charge in [0.1, 0.15) is 0 Å². The van der Waals surface area contributed by atoms with Crippen molar-refractivity contribution in [1.82, 2.24) is 5.32 Å². The molecule has 1 atom stereocenters. The summed E-state index contributed by atoms with van der Waals surface area (Å²) in [4.78, 5) is 0. The van der Waals surface area contributed by atoms with E-state index >= 15 is 0 Å². The topological polar surface area (TPSA) is 58.2 Å². The zero-order chi connectivity index (χ0) is 13.0. The van der Waals surface area contributed by atoms with Crippen LogP contribution >= 0.6 is 15.9 Å². The molecule has 18 heavy (non-hydrogen) atoms. The number of nitrogens with one attached hydrogen (secondary N) is 2. The number of hydrogen-bond donors (Lipinski definition) is 2. The van der Waals surface area contributed by atoms with Gasteiger partial charge in [0, 0.05) is 10.2 Å². The predicted octanol–water partition coefficient (Wildman–Crippen LogP) is 2.19. The van der Waals surface area contributed by atoms with Crippen LogP contribution in [0, 0.1) is 5.92 Å². The summed E-state index contributed by atoms with van der Waals surface area (Å²) in [5.41, 5.74) is 0.613. The third-order valence-corrected chi connectivity index (χ3v) is 4.96. The second kappa shape index (κ2) is 6.04. The molecule has 0 saturated carbocycles. The maximum atomic E-state index is 12.0. The quantitative estimate of drug-likeness (QED) is 0.888. The van der Waals surface area contributed by atoms with Crippen molar-refractivity contribution >= 4 is 31.6 Å². The molecule has 1 aliphatic heterocycles. The van der Waals surface area contributed by atoms with Gasteiger partial charge in [0.2, 0.25) is 10.0 Å². The molecular formula is C12H17BrN2O2S. The van der Waals surface area contributed by atoms with Crippen molar-refractivity contribution < 1.29 is 8.42 Å². The summed E-state index contributed by atoms with van der Waals surface area (Å²) in [6.45, 7) is 1.79. The Bertz CT molecular complexity index is 481. The van der Waals surface area contributed by atoms with Crippen LogP contribution in [0.1, 0.15) is 12.8 Å². The van der Waals surface area contributed by atoms with Crippen molar-refractivity contribution in [3.05, 3.63) is 28.7 Å². The highest BCUT2D eigenvalue weighted by molar-refractivity contribution is 9.10. The van der Waals surface area contributed by atoms with Crippen LogP contribution in [-0.4, -0.2) is 27.3 Å². The van der Waals surface area contributed by atoms with E-state index in [2.05, 4.69) is 26.0 Å². The van der Waals surface area contributed by atoms with Crippen LogP contribution in [-0.2, 0) is 10.0 Å². The van der Waals surface area contributed by atoms with Crippen LogP contribution in [0.2, 0.25) is 0 Å². The zero-order valence-electron chi connectivity index (χ0n) is 10.0. The third-order valence-electron chi connectivity index (χ3n) is 2.97. The highest BCUT2D eigenvalue weighted by atomic mass is 79.9. The van der Waals surface area contributed by atoms with Crippen LogP contribution < -0.4 is 10.0 Å². The van der Waals surface area contributed by atoms with Gasteiger partial charge in [-0.2, -0.15) is 0 Å². The molecule has 2 rings (SSSR count). The molecule has 1 aromatic carbocycles. The molecule has 1 heterocycles. The first kappa shape index (κ1) is 13.8. The van der Waals surface area contributed by atoms with Crippen molar-refractivity contribution in [2.24, 2.45) is 5.92 Å². The summed E-state index contributed by atoms with van der Waals surface area (Å²) in [6.07, 6.45) is 2.03. The molecule has 0 bridgehead atoms. The first-order valence-electron chi connectivity index (χ1n) is 6.02. The Morgan fingerprint density at radius 1 is 1.33 bits per heavy atom. The van der Waals surface area contributed by atoms with Crippen molar-refractivity contribution in [2.45, 2.75) is 12.8 Å². The van der Waals surface area contributed by atoms with E-state index in [1.165, 1.54) is 0 Å². The monoisotopic (exact) mass is 332 g/mol. The number of rotatable bonds is 4. The van der Waals surface area contributed by atoms with Gasteiger partial charge in [0.15, 0.2) is 0 Å². The fourth-order valence-electron chi connectivity index (χ4n) is 2.12. The van der Waals surface area contributed by atoms with E-state index in [1.54, 1.807) is 12.1 Å². The Kier molecular flexibility index (Phi) is 4.64. The molecule has 0 amide bonds. The Morgan fingerprint density at radius 3 is 2.67 bits per heavy atom. The largest absolute Gasteiger partial charge is 0.316 e. The van der Waals surface area contributed by atoms with E-state index in [4.69, 9.17) is 0 Å². The summed E-state index contributed by atoms with van der Waals surface area (Å²) < 4.78 is 27.6. The van der Waals surface area contributed by atoms with Gasteiger partial charge in [-0.05, 0) is 56.1 Å². The van der Waals surface area contributed by atoms with E-state index in [-0.39, 0.29) is 11.7 Å². The minimum absolute atomic E-state index is 0.191. The lowest BCUT2D eigenvalue weighted by atomic mass is 10.0. The second-order valence-corrected chi connectivity index (χ2v) is 7.29. The number of hydrogen-bond acceptors (Lipinski definition) is 3. The molecule has 0 aromatic heterocycles. The SMILES string of the molecule is O=S(=O)(CC1CCCNC1)Nc1ccc(Br)cc1. The number of anilines is 1. The predicted molar refractivity (Wildman–Crippen MR) is 77.1 cm³/mol. The van der Waals surface area contributed by atoms with Gasteiger partial charge in [-0.25, -0.2) is 8.42 Å². The third kappa shape index (κ3) is 4.26. The number of benzene rings is 1. The smallest absolute Gasteiger partial charge is 0.233 e. The maximum Gasteiger partial charge on any atom is 0.233 e. The van der Waals surface area contributed by atoms with E-state index in [9.17, 15) is 8.42 Å². The average molecular weight is 333 g/mol. The zero-order valence-corrected chi connectivity index (χ0v) is 12.4. The van der Waals surface area contributed by atoms with Crippen LogP contribution in [0.5, 0.6) is 0 Å². The molecule has 1 aromatic rings. The second-order valence-electron chi connectivity index (χ2n) is 4.60. The molecule has 1 saturated heterocycles. The molecule has 6 heteroatoms. The lowest BCUT2D eigenvalue weighted by molar-refractivity contribution is 0.404. The molecule has 1 unspecified atom stereocenters. The summed E-state index contributed by atoms with van der Waals surface area (Å²) in [5, 5.41) is 3.23. The van der Waals surface area contributed by atoms with Crippen LogP contribution in [0.25, 0.3) is 0 Å². The Hall–Kier alpha value is -0.590. The van der Waals surface area contributed by atoms with E-state index in [0.717, 1.165) is 30.4 Å². The molecule has 0 aliphatic carbocycles. The molecule has 4 nitrogen and oxygen atoms in total. The van der Waals surface area contributed by atoms with Gasteiger partial charge in [-0.15, -0.1) is 0 Å². The van der Waals surface area contributed by atoms with Crippen molar-refractivity contribution in [2.75, 3.05) is 23.6 Å². The van der Waals surface area contributed by atoms with Gasteiger partial charge >= 0.3 is 0 Å². The highest BCUT2D eigenvalue weighted by Crippen LogP contribution is 2.17. The lowest BCUT2D eigenvalue weighted by Gasteiger charge is -2.22. The fraction of sp³-hybridized carbons (Fsp3) is 0.500. The first-order chi connectivity index (χ1) is 8.55. The minimum Gasteiger partial charge on any atom is -0.316 e. The van der Waals surface area contributed by atoms with Crippen LogP contribution in [0.15, 0.2) is 28.7 Å². The molecular weight excluding hydrogens is 316 g/mol. The van der Waals surface area contributed by atoms with Gasteiger partial charge < -0.3 is 5.32 Å². The summed E-state index contributed by atoms with van der Waals surface area (Å²) in [7, 11) is -3.25. The Morgan fingerprint density at radius 2 is 2.06 bits per heavy atom. The number of sulfonamides is 1. The van der Waals surface area contributed by atoms with Crippen LogP contribution in [0.4, 0.5) is 5.69 Å². The molecule has 2 N–H and O–H groups in total. The van der Waals surface area contributed by atoms with Crippen LogP contribution in [0.3, 0.4) is 0 Å². The molecule has 100 valence electrons. The highest BCUT2D eigenvalue weighted by Gasteiger charge is 2.21. The molecule has 0 spiro atoms. The van der Waals surface area contributed by atoms with Crippen molar-refractivity contribution in [1.29, 1.82) is 0 Å². The summed E-state index contributed by atoms with van der Waals surface area (Å²) >= 11 is 3.32. The average Bonchev–Trinajstić information content (AvgIpc) is 2.32. The van der Waals surface area contributed by atoms with E-state index in [1.807, 2.05) is 12.1 Å². The number of piperidine rings is 1. The minimum atomic E-state index is -3.25. The standard InChI is InChI=1S/C12H17BrN2O2S/c13-11-3-5-12(6-4-11)15-18(16,17)9-10-2-1-7-14-8-10/h3-6,10,14-15H,1-2,7-9H2. The normalized spacial score (nSPS) is 20.6. The summed E-state index contributed by atoms with van der Waals surface area (Å²) in [5.74, 6) is 0.405. The van der Waals surface area contributed by atoms with E-state index < -0.39 is 10.0 Å². The Balaban J connectivity index is 1.96.